The normalized spacial score (nSPS) is 16.5. The topological polar surface area (TPSA) is 41.0 Å². The summed E-state index contributed by atoms with van der Waals surface area (Å²) >= 11 is 0. The van der Waals surface area contributed by atoms with Gasteiger partial charge in [0.05, 0.1) is 0 Å². The highest BCUT2D eigenvalue weighted by molar-refractivity contribution is 5.50. The maximum Gasteiger partial charge on any atom is 0.135 e. The van der Waals surface area contributed by atoms with Crippen LogP contribution in [0.2, 0.25) is 0 Å². The predicted molar refractivity (Wildman–Crippen MR) is 80.9 cm³/mol. The van der Waals surface area contributed by atoms with Gasteiger partial charge < -0.3 is 10.2 Å². The zero-order valence-electron chi connectivity index (χ0n) is 12.8. The van der Waals surface area contributed by atoms with Gasteiger partial charge in [0.2, 0.25) is 0 Å². The molecule has 0 radical (unpaired) electrons. The highest BCUT2D eigenvalue weighted by atomic mass is 15.2. The molecule has 19 heavy (non-hydrogen) atoms. The van der Waals surface area contributed by atoms with Crippen LogP contribution in [0.15, 0.2) is 6.07 Å². The van der Waals surface area contributed by atoms with Crippen LogP contribution >= 0.6 is 0 Å². The molecule has 1 fully saturated rings. The van der Waals surface area contributed by atoms with Crippen LogP contribution in [-0.4, -0.2) is 29.6 Å². The van der Waals surface area contributed by atoms with E-state index in [2.05, 4.69) is 56.0 Å². The van der Waals surface area contributed by atoms with Gasteiger partial charge >= 0.3 is 0 Å². The summed E-state index contributed by atoms with van der Waals surface area (Å²) < 4.78 is 0. The number of rotatable bonds is 6. The lowest BCUT2D eigenvalue weighted by Crippen LogP contribution is -2.31. The first-order valence-electron chi connectivity index (χ1n) is 7.38. The molecule has 1 aliphatic rings. The van der Waals surface area contributed by atoms with Crippen LogP contribution in [0.5, 0.6) is 0 Å². The molecule has 1 aliphatic carbocycles. The highest BCUT2D eigenvalue weighted by Crippen LogP contribution is 2.36. The van der Waals surface area contributed by atoms with Gasteiger partial charge in [-0.25, -0.2) is 9.97 Å². The van der Waals surface area contributed by atoms with Gasteiger partial charge in [0.15, 0.2) is 0 Å². The van der Waals surface area contributed by atoms with E-state index in [1.807, 2.05) is 0 Å². The zero-order valence-corrected chi connectivity index (χ0v) is 12.8. The SMILES string of the molecule is CCNc1cc(N(C)C(C)C2CC2)nc(C(C)C)n1. The Morgan fingerprint density at radius 2 is 2.00 bits per heavy atom. The Morgan fingerprint density at radius 3 is 2.53 bits per heavy atom. The molecule has 1 saturated carbocycles. The van der Waals surface area contributed by atoms with E-state index in [0.717, 1.165) is 29.9 Å². The van der Waals surface area contributed by atoms with Crippen LogP contribution in [0.3, 0.4) is 0 Å². The quantitative estimate of drug-likeness (QED) is 0.854. The molecular weight excluding hydrogens is 236 g/mol. The fourth-order valence-electron chi connectivity index (χ4n) is 2.27. The fraction of sp³-hybridized carbons (Fsp3) is 0.733. The lowest BCUT2D eigenvalue weighted by atomic mass is 10.2. The summed E-state index contributed by atoms with van der Waals surface area (Å²) in [4.78, 5) is 11.6. The van der Waals surface area contributed by atoms with Crippen LogP contribution in [0.4, 0.5) is 11.6 Å². The molecule has 0 spiro atoms. The van der Waals surface area contributed by atoms with Crippen LogP contribution < -0.4 is 10.2 Å². The van der Waals surface area contributed by atoms with Gasteiger partial charge in [0, 0.05) is 31.6 Å². The Kier molecular flexibility index (Phi) is 4.27. The van der Waals surface area contributed by atoms with Crippen molar-refractivity contribution in [2.45, 2.75) is 52.5 Å². The lowest BCUT2D eigenvalue weighted by Gasteiger charge is -2.27. The zero-order chi connectivity index (χ0) is 14.0. The van der Waals surface area contributed by atoms with Crippen LogP contribution in [0, 0.1) is 5.92 Å². The third-order valence-electron chi connectivity index (χ3n) is 3.88. The van der Waals surface area contributed by atoms with Gasteiger partial charge in [-0.2, -0.15) is 0 Å². The average Bonchev–Trinajstić information content (AvgIpc) is 3.21. The van der Waals surface area contributed by atoms with Gasteiger partial charge in [0.1, 0.15) is 17.5 Å². The molecule has 1 aromatic rings. The smallest absolute Gasteiger partial charge is 0.135 e. The van der Waals surface area contributed by atoms with E-state index < -0.39 is 0 Å². The van der Waals surface area contributed by atoms with Crippen molar-refractivity contribution in [3.05, 3.63) is 11.9 Å². The summed E-state index contributed by atoms with van der Waals surface area (Å²) in [6.07, 6.45) is 2.71. The molecular formula is C15H26N4. The maximum absolute atomic E-state index is 4.72. The minimum absolute atomic E-state index is 0.349. The summed E-state index contributed by atoms with van der Waals surface area (Å²) in [5, 5.41) is 3.30. The van der Waals surface area contributed by atoms with Gasteiger partial charge in [-0.15, -0.1) is 0 Å². The second kappa shape index (κ2) is 5.76. The fourth-order valence-corrected chi connectivity index (χ4v) is 2.27. The molecule has 4 heteroatoms. The van der Waals surface area contributed by atoms with Gasteiger partial charge in [-0.1, -0.05) is 13.8 Å². The molecule has 0 aromatic carbocycles. The number of nitrogens with one attached hydrogen (secondary N) is 1. The Hall–Kier alpha value is -1.32. The molecule has 0 amide bonds. The van der Waals surface area contributed by atoms with E-state index >= 15 is 0 Å². The number of hydrogen-bond acceptors (Lipinski definition) is 4. The highest BCUT2D eigenvalue weighted by Gasteiger charge is 2.31. The summed E-state index contributed by atoms with van der Waals surface area (Å²) in [5.74, 6) is 4.08. The van der Waals surface area contributed by atoms with Crippen molar-refractivity contribution in [1.82, 2.24) is 9.97 Å². The van der Waals surface area contributed by atoms with Crippen LogP contribution in [0.25, 0.3) is 0 Å². The lowest BCUT2D eigenvalue weighted by molar-refractivity contribution is 0.600. The van der Waals surface area contributed by atoms with E-state index in [0.29, 0.717) is 12.0 Å². The van der Waals surface area contributed by atoms with Crippen LogP contribution in [0.1, 0.15) is 52.3 Å². The number of hydrogen-bond donors (Lipinski definition) is 1. The minimum Gasteiger partial charge on any atom is -0.370 e. The standard InChI is InChI=1S/C15H26N4/c1-6-16-13-9-14(18-15(17-13)10(2)3)19(5)11(4)12-7-8-12/h9-12H,6-8H2,1-5H3,(H,16,17,18). The van der Waals surface area contributed by atoms with E-state index in [1.165, 1.54) is 12.8 Å². The second-order valence-electron chi connectivity index (χ2n) is 5.84. The number of nitrogens with zero attached hydrogens (tertiary/aromatic N) is 3. The predicted octanol–water partition coefficient (Wildman–Crippen LogP) is 3.27. The third-order valence-corrected chi connectivity index (χ3v) is 3.88. The molecule has 2 rings (SSSR count). The van der Waals surface area contributed by atoms with Crippen LogP contribution in [-0.2, 0) is 0 Å². The van der Waals surface area contributed by atoms with Crippen molar-refractivity contribution in [3.8, 4) is 0 Å². The van der Waals surface area contributed by atoms with Crippen molar-refractivity contribution < 1.29 is 0 Å². The molecule has 1 unspecified atom stereocenters. The molecule has 0 bridgehead atoms. The maximum atomic E-state index is 4.72. The molecule has 4 nitrogen and oxygen atoms in total. The van der Waals surface area contributed by atoms with E-state index in [-0.39, 0.29) is 0 Å². The summed E-state index contributed by atoms with van der Waals surface area (Å²) in [7, 11) is 2.14. The average molecular weight is 262 g/mol. The van der Waals surface area contributed by atoms with Gasteiger partial charge in [-0.05, 0) is 32.6 Å². The van der Waals surface area contributed by atoms with E-state index in [4.69, 9.17) is 4.98 Å². The van der Waals surface area contributed by atoms with Crippen molar-refractivity contribution in [3.63, 3.8) is 0 Å². The van der Waals surface area contributed by atoms with Gasteiger partial charge in [-0.3, -0.25) is 0 Å². The summed E-state index contributed by atoms with van der Waals surface area (Å²) in [6, 6.07) is 2.62. The minimum atomic E-state index is 0.349. The Morgan fingerprint density at radius 1 is 1.32 bits per heavy atom. The largest absolute Gasteiger partial charge is 0.370 e. The van der Waals surface area contributed by atoms with E-state index in [9.17, 15) is 0 Å². The Bertz CT molecular complexity index is 426. The molecule has 1 heterocycles. The molecule has 0 aliphatic heterocycles. The Labute approximate surface area is 116 Å². The van der Waals surface area contributed by atoms with Crippen molar-refractivity contribution in [2.75, 3.05) is 23.8 Å². The molecule has 1 aromatic heterocycles. The van der Waals surface area contributed by atoms with Crippen molar-refractivity contribution in [2.24, 2.45) is 5.92 Å². The van der Waals surface area contributed by atoms with Crippen molar-refractivity contribution in [1.29, 1.82) is 0 Å². The second-order valence-corrected chi connectivity index (χ2v) is 5.84. The molecule has 1 N–H and O–H groups in total. The van der Waals surface area contributed by atoms with E-state index in [1.54, 1.807) is 0 Å². The third kappa shape index (κ3) is 3.37. The molecule has 106 valence electrons. The number of anilines is 2. The summed E-state index contributed by atoms with van der Waals surface area (Å²) in [6.45, 7) is 9.54. The summed E-state index contributed by atoms with van der Waals surface area (Å²) in [5.41, 5.74) is 0. The monoisotopic (exact) mass is 262 g/mol. The number of aromatic nitrogens is 2. The Balaban J connectivity index is 2.26. The van der Waals surface area contributed by atoms with Gasteiger partial charge in [0.25, 0.3) is 0 Å². The first kappa shape index (κ1) is 14.1. The first-order valence-corrected chi connectivity index (χ1v) is 7.38. The molecule has 0 saturated heterocycles. The molecule has 1 atom stereocenters. The first-order chi connectivity index (χ1) is 9.02. The van der Waals surface area contributed by atoms with Crippen molar-refractivity contribution >= 4 is 11.6 Å².